The Hall–Kier alpha value is -5.99. The van der Waals surface area contributed by atoms with Gasteiger partial charge >= 0.3 is 18.2 Å². The topological polar surface area (TPSA) is 93.3 Å². The number of rotatable bonds is 18. The Morgan fingerprint density at radius 2 is 1.33 bits per heavy atom. The number of hydrogen-bond donors (Lipinski definition) is 2. The van der Waals surface area contributed by atoms with Crippen molar-refractivity contribution in [2.24, 2.45) is 0 Å². The number of anilines is 2. The van der Waals surface area contributed by atoms with Crippen LogP contribution in [0.4, 0.5) is 38.5 Å². The average molecular weight is 922 g/mol. The maximum absolute atomic E-state index is 15.3. The molecule has 0 radical (unpaired) electrons. The van der Waals surface area contributed by atoms with E-state index in [0.717, 1.165) is 100 Å². The molecule has 10 nitrogen and oxygen atoms in total. The molecule has 3 heterocycles. The van der Waals surface area contributed by atoms with Crippen molar-refractivity contribution in [3.63, 3.8) is 0 Å². The van der Waals surface area contributed by atoms with Crippen molar-refractivity contribution in [1.29, 1.82) is 0 Å². The zero-order valence-corrected chi connectivity index (χ0v) is 38.6. The van der Waals surface area contributed by atoms with Gasteiger partial charge in [0.2, 0.25) is 0 Å². The van der Waals surface area contributed by atoms with Crippen LogP contribution in [-0.4, -0.2) is 87.5 Å². The number of urea groups is 2. The van der Waals surface area contributed by atoms with Gasteiger partial charge in [-0.05, 0) is 117 Å². The molecule has 2 aliphatic rings. The number of likely N-dealkylation sites (tertiary alicyclic amines) is 2. The fourth-order valence-electron chi connectivity index (χ4n) is 9.39. The summed E-state index contributed by atoms with van der Waals surface area (Å²) in [6.07, 6.45) is 6.22. The summed E-state index contributed by atoms with van der Waals surface area (Å²) in [5.41, 5.74) is 1.85. The van der Waals surface area contributed by atoms with Crippen molar-refractivity contribution in [2.75, 3.05) is 43.4 Å². The largest absolute Gasteiger partial charge is 0.457 e. The smallest absolute Gasteiger partial charge is 0.419 e. The molecule has 2 N–H and O–H groups in total. The van der Waals surface area contributed by atoms with E-state index in [4.69, 9.17) is 4.74 Å². The van der Waals surface area contributed by atoms with Gasteiger partial charge in [0.15, 0.2) is 5.82 Å². The number of benzene rings is 4. The molecule has 2 aliphatic heterocycles. The summed E-state index contributed by atoms with van der Waals surface area (Å²) in [4.78, 5) is 40.9. The van der Waals surface area contributed by atoms with E-state index in [-0.39, 0.29) is 30.7 Å². The summed E-state index contributed by atoms with van der Waals surface area (Å²) in [7, 11) is 0. The molecule has 356 valence electrons. The molecule has 2 fully saturated rings. The molecule has 67 heavy (non-hydrogen) atoms. The van der Waals surface area contributed by atoms with Crippen molar-refractivity contribution in [2.45, 2.75) is 109 Å². The van der Waals surface area contributed by atoms with Gasteiger partial charge in [0.25, 0.3) is 0 Å². The van der Waals surface area contributed by atoms with Crippen LogP contribution in [0.2, 0.25) is 0 Å². The number of halogens is 4. The number of carbonyl (C=O) groups excluding carboxylic acids is 2. The van der Waals surface area contributed by atoms with Crippen molar-refractivity contribution in [3.8, 4) is 11.5 Å². The van der Waals surface area contributed by atoms with Crippen molar-refractivity contribution < 1.29 is 31.9 Å². The predicted molar refractivity (Wildman–Crippen MR) is 256 cm³/mol. The summed E-state index contributed by atoms with van der Waals surface area (Å²) >= 11 is 0. The van der Waals surface area contributed by atoms with Crippen LogP contribution in [-0.2, 0) is 25.7 Å². The van der Waals surface area contributed by atoms with E-state index < -0.39 is 29.3 Å². The SMILES string of the molecule is CCCCN1CCC(N(Cc2ccccc2CC(CCC)N2CCC(N(Cc3ccccc3)C(=O)Nc3ccc(Oc4ccncc4)cc3)CC2)C(=O)Nc2cccc(C(F)(F)F)c2F)CC1. The number of amides is 4. The molecule has 7 rings (SSSR count). The Balaban J connectivity index is 1.04. The summed E-state index contributed by atoms with van der Waals surface area (Å²) < 4.78 is 62.2. The van der Waals surface area contributed by atoms with Gasteiger partial charge in [0.1, 0.15) is 11.5 Å². The van der Waals surface area contributed by atoms with E-state index >= 15 is 4.39 Å². The minimum atomic E-state index is -4.90. The van der Waals surface area contributed by atoms with Gasteiger partial charge in [-0.25, -0.2) is 14.0 Å². The fourth-order valence-corrected chi connectivity index (χ4v) is 9.39. The zero-order valence-electron chi connectivity index (χ0n) is 38.6. The Kier molecular flexibility index (Phi) is 17.3. The maximum atomic E-state index is 15.3. The Bertz CT molecular complexity index is 2320. The minimum absolute atomic E-state index is 0.00226. The summed E-state index contributed by atoms with van der Waals surface area (Å²) in [5.74, 6) is -0.174. The highest BCUT2D eigenvalue weighted by Gasteiger charge is 2.36. The number of piperidine rings is 2. The fraction of sp³-hybridized carbons (Fsp3) is 0.415. The highest BCUT2D eigenvalue weighted by molar-refractivity contribution is 5.90. The maximum Gasteiger partial charge on any atom is 0.419 e. The van der Waals surface area contributed by atoms with E-state index in [9.17, 15) is 22.8 Å². The van der Waals surface area contributed by atoms with Crippen molar-refractivity contribution in [3.05, 3.63) is 150 Å². The summed E-state index contributed by atoms with van der Waals surface area (Å²) in [6, 6.07) is 31.2. The van der Waals surface area contributed by atoms with Gasteiger partial charge in [0.05, 0.1) is 11.3 Å². The Morgan fingerprint density at radius 3 is 1.99 bits per heavy atom. The number of aromatic nitrogens is 1. The molecule has 0 spiro atoms. The number of nitrogens with zero attached hydrogens (tertiary/aromatic N) is 5. The monoisotopic (exact) mass is 921 g/mol. The third-order valence-electron chi connectivity index (χ3n) is 13.1. The minimum Gasteiger partial charge on any atom is -0.457 e. The second-order valence-electron chi connectivity index (χ2n) is 17.7. The van der Waals surface area contributed by atoms with Crippen molar-refractivity contribution >= 4 is 23.4 Å². The molecule has 1 aromatic heterocycles. The second-order valence-corrected chi connectivity index (χ2v) is 17.7. The first-order valence-electron chi connectivity index (χ1n) is 23.7. The lowest BCUT2D eigenvalue weighted by Gasteiger charge is -2.42. The molecule has 4 aromatic carbocycles. The number of nitrogens with one attached hydrogen (secondary N) is 2. The molecular formula is C53H63F4N7O3. The lowest BCUT2D eigenvalue weighted by molar-refractivity contribution is -0.139. The predicted octanol–water partition coefficient (Wildman–Crippen LogP) is 12.2. The number of ether oxygens (including phenoxy) is 1. The van der Waals surface area contributed by atoms with Crippen LogP contribution >= 0.6 is 0 Å². The zero-order chi connectivity index (χ0) is 47.2. The molecule has 0 saturated carbocycles. The Labute approximate surface area is 392 Å². The third kappa shape index (κ3) is 13.6. The molecule has 5 aromatic rings. The van der Waals surface area contributed by atoms with E-state index in [1.54, 1.807) is 29.4 Å². The number of unbranched alkanes of at least 4 members (excludes halogenated alkanes) is 1. The quantitative estimate of drug-likeness (QED) is 0.0851. The lowest BCUT2D eigenvalue weighted by atomic mass is 9.93. The van der Waals surface area contributed by atoms with E-state index in [1.807, 2.05) is 77.7 Å². The third-order valence-corrected chi connectivity index (χ3v) is 13.1. The van der Waals surface area contributed by atoms with Crippen LogP contribution in [0.1, 0.15) is 87.5 Å². The molecule has 1 unspecified atom stereocenters. The second kappa shape index (κ2) is 23.6. The molecular weight excluding hydrogens is 859 g/mol. The van der Waals surface area contributed by atoms with Crippen LogP contribution < -0.4 is 15.4 Å². The molecule has 1 atom stereocenters. The van der Waals surface area contributed by atoms with Crippen LogP contribution in [0, 0.1) is 5.82 Å². The van der Waals surface area contributed by atoms with Crippen LogP contribution in [0.15, 0.2) is 122 Å². The number of hydrogen-bond acceptors (Lipinski definition) is 6. The molecule has 14 heteroatoms. The summed E-state index contributed by atoms with van der Waals surface area (Å²) in [5, 5.41) is 5.66. The van der Waals surface area contributed by atoms with Gasteiger partial charge in [-0.15, -0.1) is 0 Å². The van der Waals surface area contributed by atoms with E-state index in [0.29, 0.717) is 42.6 Å². The van der Waals surface area contributed by atoms with E-state index in [2.05, 4.69) is 45.3 Å². The first-order valence-corrected chi connectivity index (χ1v) is 23.7. The lowest BCUT2D eigenvalue weighted by Crippen LogP contribution is -2.51. The van der Waals surface area contributed by atoms with Gasteiger partial charge in [0, 0.05) is 75.5 Å². The highest BCUT2D eigenvalue weighted by atomic mass is 19.4. The van der Waals surface area contributed by atoms with Crippen LogP contribution in [0.5, 0.6) is 11.5 Å². The average Bonchev–Trinajstić information content (AvgIpc) is 3.34. The van der Waals surface area contributed by atoms with Crippen LogP contribution in [0.3, 0.4) is 0 Å². The normalized spacial score (nSPS) is 15.7. The molecule has 0 aliphatic carbocycles. The molecule has 4 amide bonds. The van der Waals surface area contributed by atoms with Gasteiger partial charge in [-0.1, -0.05) is 87.4 Å². The standard InChI is InChI=1S/C53H63F4N7O3/c1-3-5-31-61-32-25-43(26-33-61)64(52(66)60-49-18-11-17-48(50(49)54)53(55,56)57)38-41-16-10-9-15-40(41)36-45(12-4-2)62-34-27-44(28-35-62)63(37-39-13-7-6-8-14-39)51(65)59-42-19-21-46(22-20-42)67-47-23-29-58-30-24-47/h6-11,13-24,29-30,43-45H,3-5,12,25-28,31-38H2,1-2H3,(H,59,65)(H,60,66). The first kappa shape index (κ1) is 48.9. The van der Waals surface area contributed by atoms with Gasteiger partial charge < -0.3 is 30.1 Å². The van der Waals surface area contributed by atoms with Crippen LogP contribution in [0.25, 0.3) is 0 Å². The Morgan fingerprint density at radius 1 is 0.716 bits per heavy atom. The number of pyridine rings is 1. The number of alkyl halides is 3. The number of carbonyl (C=O) groups is 2. The molecule has 0 bridgehead atoms. The van der Waals surface area contributed by atoms with Gasteiger partial charge in [-0.3, -0.25) is 9.88 Å². The summed E-state index contributed by atoms with van der Waals surface area (Å²) in [6.45, 7) is 9.19. The van der Waals surface area contributed by atoms with E-state index in [1.165, 1.54) is 6.07 Å². The molecule has 2 saturated heterocycles. The first-order chi connectivity index (χ1) is 32.5. The highest BCUT2D eigenvalue weighted by Crippen LogP contribution is 2.35. The van der Waals surface area contributed by atoms with Crippen molar-refractivity contribution in [1.82, 2.24) is 24.6 Å². The van der Waals surface area contributed by atoms with Gasteiger partial charge in [-0.2, -0.15) is 13.2 Å².